The molecule has 5 nitrogen and oxygen atoms in total. The molecule has 0 radical (unpaired) electrons. The number of rotatable bonds is 10. The molecule has 0 saturated heterocycles. The number of hydrogen-bond donors (Lipinski definition) is 2. The van der Waals surface area contributed by atoms with Crippen LogP contribution in [0.5, 0.6) is 0 Å². The summed E-state index contributed by atoms with van der Waals surface area (Å²) in [6.07, 6.45) is 1.81. The summed E-state index contributed by atoms with van der Waals surface area (Å²) in [6.45, 7) is 9.41. The quantitative estimate of drug-likeness (QED) is 0.602. The highest BCUT2D eigenvalue weighted by Gasteiger charge is 2.19. The van der Waals surface area contributed by atoms with Crippen molar-refractivity contribution < 1.29 is 9.53 Å². The van der Waals surface area contributed by atoms with Gasteiger partial charge in [0.1, 0.15) is 0 Å². The molecule has 5 heteroatoms. The van der Waals surface area contributed by atoms with Crippen molar-refractivity contribution in [2.24, 2.45) is 5.73 Å². The summed E-state index contributed by atoms with van der Waals surface area (Å²) in [6, 6.07) is 0. The first-order valence-corrected chi connectivity index (χ1v) is 6.67. The maximum absolute atomic E-state index is 11.9. The summed E-state index contributed by atoms with van der Waals surface area (Å²) in [5.74, 6) is 0.0648. The van der Waals surface area contributed by atoms with Crippen LogP contribution in [-0.4, -0.2) is 56.2 Å². The predicted octanol–water partition coefficient (Wildman–Crippen LogP) is 0.588. The third-order valence-electron chi connectivity index (χ3n) is 3.02. The lowest BCUT2D eigenvalue weighted by Gasteiger charge is -2.27. The van der Waals surface area contributed by atoms with E-state index in [0.717, 1.165) is 25.9 Å². The van der Waals surface area contributed by atoms with Gasteiger partial charge in [-0.2, -0.15) is 0 Å². The Morgan fingerprint density at radius 3 is 2.56 bits per heavy atom. The molecule has 0 bridgehead atoms. The molecule has 0 aliphatic heterocycles. The van der Waals surface area contributed by atoms with Crippen molar-refractivity contribution >= 4 is 5.91 Å². The van der Waals surface area contributed by atoms with Gasteiger partial charge in [-0.25, -0.2) is 0 Å². The molecular weight excluding hydrogens is 230 g/mol. The highest BCUT2D eigenvalue weighted by Crippen LogP contribution is 2.06. The lowest BCUT2D eigenvalue weighted by molar-refractivity contribution is -0.124. The first-order chi connectivity index (χ1) is 8.45. The Bertz CT molecular complexity index is 224. The summed E-state index contributed by atoms with van der Waals surface area (Å²) in [5.41, 5.74) is 5.36. The first-order valence-electron chi connectivity index (χ1n) is 6.67. The molecule has 18 heavy (non-hydrogen) atoms. The van der Waals surface area contributed by atoms with Gasteiger partial charge < -0.3 is 15.8 Å². The number of nitrogens with zero attached hydrogens (tertiary/aromatic N) is 1. The number of amides is 1. The Hall–Kier alpha value is -0.650. The molecule has 0 aromatic heterocycles. The van der Waals surface area contributed by atoms with Gasteiger partial charge in [0.15, 0.2) is 0 Å². The zero-order valence-electron chi connectivity index (χ0n) is 12.3. The topological polar surface area (TPSA) is 67.6 Å². The van der Waals surface area contributed by atoms with Gasteiger partial charge in [0.2, 0.25) is 5.91 Å². The van der Waals surface area contributed by atoms with Gasteiger partial charge in [-0.15, -0.1) is 0 Å². The molecule has 0 atom stereocenters. The van der Waals surface area contributed by atoms with Crippen LogP contribution in [0.15, 0.2) is 0 Å². The van der Waals surface area contributed by atoms with E-state index in [-0.39, 0.29) is 11.4 Å². The number of carbonyl (C=O) groups is 1. The molecule has 0 rings (SSSR count). The lowest BCUT2D eigenvalue weighted by atomic mass is 10.0. The second kappa shape index (κ2) is 9.30. The standard InChI is InChI=1S/C13H29N3O2/c1-5-13(2,3)15-12(17)11-16(8-6-7-14)9-10-18-4/h5-11,14H2,1-4H3,(H,15,17). The molecule has 0 aliphatic carbocycles. The molecule has 0 spiro atoms. The smallest absolute Gasteiger partial charge is 0.234 e. The van der Waals surface area contributed by atoms with Gasteiger partial charge in [0, 0.05) is 19.2 Å². The second-order valence-corrected chi connectivity index (χ2v) is 5.20. The Morgan fingerprint density at radius 2 is 2.06 bits per heavy atom. The van der Waals surface area contributed by atoms with Crippen molar-refractivity contribution in [1.29, 1.82) is 0 Å². The lowest BCUT2D eigenvalue weighted by Crippen LogP contribution is -2.48. The van der Waals surface area contributed by atoms with Gasteiger partial charge >= 0.3 is 0 Å². The molecule has 0 fully saturated rings. The Balaban J connectivity index is 4.16. The number of ether oxygens (including phenoxy) is 1. The zero-order valence-corrected chi connectivity index (χ0v) is 12.3. The molecule has 108 valence electrons. The number of hydrogen-bond acceptors (Lipinski definition) is 4. The van der Waals surface area contributed by atoms with Gasteiger partial charge in [-0.3, -0.25) is 9.69 Å². The van der Waals surface area contributed by atoms with Crippen molar-refractivity contribution in [2.75, 3.05) is 39.9 Å². The van der Waals surface area contributed by atoms with Crippen molar-refractivity contribution in [3.05, 3.63) is 0 Å². The highest BCUT2D eigenvalue weighted by molar-refractivity contribution is 5.78. The largest absolute Gasteiger partial charge is 0.383 e. The third-order valence-corrected chi connectivity index (χ3v) is 3.02. The zero-order chi connectivity index (χ0) is 14.0. The minimum Gasteiger partial charge on any atom is -0.383 e. The Labute approximate surface area is 111 Å². The average Bonchev–Trinajstić information content (AvgIpc) is 2.32. The third kappa shape index (κ3) is 8.44. The highest BCUT2D eigenvalue weighted by atomic mass is 16.5. The predicted molar refractivity (Wildman–Crippen MR) is 74.5 cm³/mol. The van der Waals surface area contributed by atoms with E-state index in [4.69, 9.17) is 10.5 Å². The van der Waals surface area contributed by atoms with Crippen molar-refractivity contribution in [1.82, 2.24) is 10.2 Å². The molecule has 0 heterocycles. The van der Waals surface area contributed by atoms with Gasteiger partial charge in [0.05, 0.1) is 13.2 Å². The Kier molecular flexibility index (Phi) is 8.97. The fourth-order valence-corrected chi connectivity index (χ4v) is 1.51. The monoisotopic (exact) mass is 259 g/mol. The van der Waals surface area contributed by atoms with Crippen LogP contribution in [0.25, 0.3) is 0 Å². The number of nitrogens with two attached hydrogens (primary N) is 1. The van der Waals surface area contributed by atoms with Crippen LogP contribution < -0.4 is 11.1 Å². The summed E-state index contributed by atoms with van der Waals surface area (Å²) < 4.78 is 5.05. The molecule has 3 N–H and O–H groups in total. The molecule has 0 saturated carbocycles. The van der Waals surface area contributed by atoms with E-state index in [2.05, 4.69) is 17.1 Å². The normalized spacial score (nSPS) is 11.9. The van der Waals surface area contributed by atoms with E-state index in [0.29, 0.717) is 19.7 Å². The summed E-state index contributed by atoms with van der Waals surface area (Å²) in [4.78, 5) is 14.0. The van der Waals surface area contributed by atoms with E-state index in [1.165, 1.54) is 0 Å². The molecule has 0 unspecified atom stereocenters. The van der Waals surface area contributed by atoms with Crippen molar-refractivity contribution in [3.63, 3.8) is 0 Å². The van der Waals surface area contributed by atoms with Crippen LogP contribution in [0.1, 0.15) is 33.6 Å². The van der Waals surface area contributed by atoms with E-state index in [1.807, 2.05) is 13.8 Å². The summed E-state index contributed by atoms with van der Waals surface area (Å²) >= 11 is 0. The summed E-state index contributed by atoms with van der Waals surface area (Å²) in [5, 5.41) is 3.04. The molecule has 1 amide bonds. The van der Waals surface area contributed by atoms with Crippen LogP contribution in [0.4, 0.5) is 0 Å². The second-order valence-electron chi connectivity index (χ2n) is 5.20. The maximum Gasteiger partial charge on any atom is 0.234 e. The van der Waals surface area contributed by atoms with E-state index in [1.54, 1.807) is 7.11 Å². The van der Waals surface area contributed by atoms with E-state index < -0.39 is 0 Å². The maximum atomic E-state index is 11.9. The molecular formula is C13H29N3O2. The van der Waals surface area contributed by atoms with Gasteiger partial charge in [-0.1, -0.05) is 6.92 Å². The number of methoxy groups -OCH3 is 1. The van der Waals surface area contributed by atoms with Crippen molar-refractivity contribution in [3.8, 4) is 0 Å². The minimum absolute atomic E-state index is 0.0648. The fraction of sp³-hybridized carbons (Fsp3) is 0.923. The van der Waals surface area contributed by atoms with E-state index >= 15 is 0 Å². The number of carbonyl (C=O) groups excluding carboxylic acids is 1. The van der Waals surface area contributed by atoms with Crippen LogP contribution in [0, 0.1) is 0 Å². The molecule has 0 aromatic rings. The van der Waals surface area contributed by atoms with Crippen LogP contribution in [0.2, 0.25) is 0 Å². The molecule has 0 aromatic carbocycles. The SMILES string of the molecule is CCC(C)(C)NC(=O)CN(CCCN)CCOC. The fourth-order valence-electron chi connectivity index (χ4n) is 1.51. The first kappa shape index (κ1) is 17.4. The minimum atomic E-state index is -0.141. The molecule has 0 aliphatic rings. The van der Waals surface area contributed by atoms with Gasteiger partial charge in [-0.05, 0) is 39.8 Å². The van der Waals surface area contributed by atoms with Crippen LogP contribution in [0.3, 0.4) is 0 Å². The van der Waals surface area contributed by atoms with Crippen LogP contribution >= 0.6 is 0 Å². The average molecular weight is 259 g/mol. The van der Waals surface area contributed by atoms with Gasteiger partial charge in [0.25, 0.3) is 0 Å². The van der Waals surface area contributed by atoms with Crippen LogP contribution in [-0.2, 0) is 9.53 Å². The Morgan fingerprint density at radius 1 is 1.39 bits per heavy atom. The van der Waals surface area contributed by atoms with Crippen molar-refractivity contribution in [2.45, 2.75) is 39.2 Å². The van der Waals surface area contributed by atoms with E-state index in [9.17, 15) is 4.79 Å². The number of nitrogens with one attached hydrogen (secondary N) is 1. The summed E-state index contributed by atoms with van der Waals surface area (Å²) in [7, 11) is 1.67.